The number of amidine groups is 1. The smallest absolute Gasteiger partial charge is 0.221 e. The van der Waals surface area contributed by atoms with E-state index in [-0.39, 0.29) is 5.66 Å². The summed E-state index contributed by atoms with van der Waals surface area (Å²) in [6, 6.07) is 0. The Morgan fingerprint density at radius 2 is 1.25 bits per heavy atom. The molecule has 1 heterocycles. The molecule has 1 aliphatic heterocycles. The first kappa shape index (κ1) is 21.4. The first-order chi connectivity index (χ1) is 11.3. The van der Waals surface area contributed by atoms with Crippen LogP contribution in [0.25, 0.3) is 0 Å². The largest absolute Gasteiger partial charge is 0.356 e. The molecule has 0 aliphatic carbocycles. The maximum Gasteiger partial charge on any atom is 0.221 e. The van der Waals surface area contributed by atoms with Gasteiger partial charge in [-0.25, -0.2) is 10.3 Å². The number of rotatable bonds is 13. The SMILES string of the molecule is CCCCCCCCCCCCCCC1=NC(N)(N)NC(C)(C)N1. The van der Waals surface area contributed by atoms with Crippen LogP contribution in [-0.4, -0.2) is 17.4 Å². The normalized spacial score (nSPS) is 19.0. The zero-order chi connectivity index (χ0) is 17.9. The Labute approximate surface area is 149 Å². The second kappa shape index (κ2) is 11.1. The highest BCUT2D eigenvalue weighted by Gasteiger charge is 2.33. The minimum absolute atomic E-state index is 0.308. The first-order valence-corrected chi connectivity index (χ1v) is 10.1. The van der Waals surface area contributed by atoms with E-state index in [2.05, 4.69) is 22.5 Å². The summed E-state index contributed by atoms with van der Waals surface area (Å²) < 4.78 is 0. The molecule has 24 heavy (non-hydrogen) atoms. The topological polar surface area (TPSA) is 88.5 Å². The lowest BCUT2D eigenvalue weighted by molar-refractivity contribution is 0.212. The van der Waals surface area contributed by atoms with Crippen molar-refractivity contribution in [1.29, 1.82) is 0 Å². The van der Waals surface area contributed by atoms with Crippen molar-refractivity contribution < 1.29 is 0 Å². The quantitative estimate of drug-likeness (QED) is 0.302. The minimum Gasteiger partial charge on any atom is -0.356 e. The van der Waals surface area contributed by atoms with E-state index >= 15 is 0 Å². The lowest BCUT2D eigenvalue weighted by Crippen LogP contribution is -2.74. The van der Waals surface area contributed by atoms with Crippen LogP contribution < -0.4 is 22.1 Å². The van der Waals surface area contributed by atoms with Crippen LogP contribution in [0.1, 0.15) is 104 Å². The summed E-state index contributed by atoms with van der Waals surface area (Å²) in [4.78, 5) is 4.35. The van der Waals surface area contributed by atoms with Crippen LogP contribution in [0.5, 0.6) is 0 Å². The monoisotopic (exact) mass is 339 g/mol. The number of nitrogens with one attached hydrogen (secondary N) is 2. The van der Waals surface area contributed by atoms with Crippen LogP contribution in [-0.2, 0) is 0 Å². The molecule has 0 aromatic heterocycles. The molecule has 1 rings (SSSR count). The van der Waals surface area contributed by atoms with Crippen molar-refractivity contribution >= 4 is 5.84 Å². The Morgan fingerprint density at radius 1 is 0.792 bits per heavy atom. The van der Waals surface area contributed by atoms with Gasteiger partial charge in [-0.05, 0) is 20.3 Å². The second-order valence-electron chi connectivity index (χ2n) is 7.90. The van der Waals surface area contributed by atoms with Gasteiger partial charge in [-0.3, -0.25) is 11.5 Å². The highest BCUT2D eigenvalue weighted by molar-refractivity contribution is 5.83. The molecule has 0 fully saturated rings. The van der Waals surface area contributed by atoms with Gasteiger partial charge in [-0.15, -0.1) is 0 Å². The van der Waals surface area contributed by atoms with E-state index in [1.165, 1.54) is 70.6 Å². The van der Waals surface area contributed by atoms with Crippen molar-refractivity contribution in [3.63, 3.8) is 0 Å². The fraction of sp³-hybridized carbons (Fsp3) is 0.947. The zero-order valence-corrected chi connectivity index (χ0v) is 16.3. The molecule has 0 amide bonds. The van der Waals surface area contributed by atoms with Gasteiger partial charge in [-0.1, -0.05) is 77.6 Å². The van der Waals surface area contributed by atoms with Crippen molar-refractivity contribution in [2.24, 2.45) is 16.5 Å². The molecule has 0 aromatic carbocycles. The Bertz CT molecular complexity index is 363. The van der Waals surface area contributed by atoms with Gasteiger partial charge in [0.2, 0.25) is 5.91 Å². The van der Waals surface area contributed by atoms with E-state index in [4.69, 9.17) is 11.5 Å². The van der Waals surface area contributed by atoms with Gasteiger partial charge in [-0.2, -0.15) is 0 Å². The lowest BCUT2D eigenvalue weighted by atomic mass is 10.0. The fourth-order valence-electron chi connectivity index (χ4n) is 3.42. The van der Waals surface area contributed by atoms with Crippen LogP contribution in [0.4, 0.5) is 0 Å². The number of hydrogen-bond donors (Lipinski definition) is 4. The Hall–Kier alpha value is -0.650. The summed E-state index contributed by atoms with van der Waals surface area (Å²) >= 11 is 0. The predicted molar refractivity (Wildman–Crippen MR) is 105 cm³/mol. The molecule has 0 aromatic rings. The molecule has 0 saturated heterocycles. The summed E-state index contributed by atoms with van der Waals surface area (Å²) in [5, 5.41) is 6.43. The van der Waals surface area contributed by atoms with E-state index in [1.807, 2.05) is 13.8 Å². The summed E-state index contributed by atoms with van der Waals surface area (Å²) in [5.41, 5.74) is 11.5. The summed E-state index contributed by atoms with van der Waals surface area (Å²) in [6.07, 6.45) is 17.3. The lowest BCUT2D eigenvalue weighted by Gasteiger charge is -2.40. The van der Waals surface area contributed by atoms with Crippen LogP contribution in [0.15, 0.2) is 4.99 Å². The molecule has 5 heteroatoms. The molecule has 0 bridgehead atoms. The molecule has 1 aliphatic rings. The molecule has 0 radical (unpaired) electrons. The molecule has 0 saturated carbocycles. The van der Waals surface area contributed by atoms with Crippen LogP contribution in [0, 0.1) is 0 Å². The van der Waals surface area contributed by atoms with Gasteiger partial charge in [0.25, 0.3) is 0 Å². The number of hydrogen-bond acceptors (Lipinski definition) is 5. The van der Waals surface area contributed by atoms with E-state index in [1.54, 1.807) is 0 Å². The van der Waals surface area contributed by atoms with Crippen molar-refractivity contribution in [2.45, 2.75) is 116 Å². The predicted octanol–water partition coefficient (Wildman–Crippen LogP) is 3.93. The van der Waals surface area contributed by atoms with E-state index in [9.17, 15) is 0 Å². The standard InChI is InChI=1S/C19H41N5/c1-4-5-6-7-8-9-10-11-12-13-14-15-16-17-22-18(2,3)24-19(20,21)23-17/h24H,4-16,20-21H2,1-3H3,(H,22,23). The third kappa shape index (κ3) is 10.3. The van der Waals surface area contributed by atoms with E-state index in [0.29, 0.717) is 0 Å². The van der Waals surface area contributed by atoms with Crippen molar-refractivity contribution in [1.82, 2.24) is 10.6 Å². The first-order valence-electron chi connectivity index (χ1n) is 10.1. The molecule has 142 valence electrons. The molecule has 0 spiro atoms. The molecule has 0 atom stereocenters. The fourth-order valence-corrected chi connectivity index (χ4v) is 3.42. The van der Waals surface area contributed by atoms with Gasteiger partial charge in [0.15, 0.2) is 0 Å². The van der Waals surface area contributed by atoms with Gasteiger partial charge in [0, 0.05) is 6.42 Å². The van der Waals surface area contributed by atoms with Gasteiger partial charge in [0.05, 0.1) is 5.66 Å². The average molecular weight is 340 g/mol. The Balaban J connectivity index is 1.98. The van der Waals surface area contributed by atoms with Gasteiger partial charge >= 0.3 is 0 Å². The number of nitrogens with two attached hydrogens (primary N) is 2. The second-order valence-corrected chi connectivity index (χ2v) is 7.90. The Morgan fingerprint density at radius 3 is 1.71 bits per heavy atom. The Kier molecular flexibility index (Phi) is 9.86. The van der Waals surface area contributed by atoms with E-state index in [0.717, 1.165) is 18.7 Å². The zero-order valence-electron chi connectivity index (χ0n) is 16.3. The minimum atomic E-state index is -1.15. The van der Waals surface area contributed by atoms with Crippen molar-refractivity contribution in [2.75, 3.05) is 0 Å². The molecular formula is C19H41N5. The highest BCUT2D eigenvalue weighted by Crippen LogP contribution is 2.14. The molecule has 0 unspecified atom stereocenters. The van der Waals surface area contributed by atoms with Crippen LogP contribution in [0.3, 0.4) is 0 Å². The average Bonchev–Trinajstić information content (AvgIpc) is 2.45. The third-order valence-corrected chi connectivity index (χ3v) is 4.56. The van der Waals surface area contributed by atoms with Gasteiger partial charge < -0.3 is 5.32 Å². The number of nitrogens with zero attached hydrogens (tertiary/aromatic N) is 1. The van der Waals surface area contributed by atoms with Crippen LogP contribution >= 0.6 is 0 Å². The van der Waals surface area contributed by atoms with Gasteiger partial charge in [0.1, 0.15) is 5.84 Å². The van der Waals surface area contributed by atoms with Crippen molar-refractivity contribution in [3.05, 3.63) is 0 Å². The number of aliphatic imine (C=N–C) groups is 1. The summed E-state index contributed by atoms with van der Waals surface area (Å²) in [7, 11) is 0. The molecular weight excluding hydrogens is 298 g/mol. The maximum absolute atomic E-state index is 5.92. The highest BCUT2D eigenvalue weighted by atomic mass is 15.5. The van der Waals surface area contributed by atoms with E-state index < -0.39 is 5.91 Å². The van der Waals surface area contributed by atoms with Crippen LogP contribution in [0.2, 0.25) is 0 Å². The maximum atomic E-state index is 5.92. The third-order valence-electron chi connectivity index (χ3n) is 4.56. The molecule has 6 N–H and O–H groups in total. The summed E-state index contributed by atoms with van der Waals surface area (Å²) in [6.45, 7) is 6.33. The number of unbranched alkanes of at least 4 members (excludes halogenated alkanes) is 11. The van der Waals surface area contributed by atoms with Crippen molar-refractivity contribution in [3.8, 4) is 0 Å². The summed E-state index contributed by atoms with van der Waals surface area (Å²) in [5.74, 6) is -0.225. The molecule has 5 nitrogen and oxygen atoms in total.